The highest BCUT2D eigenvalue weighted by molar-refractivity contribution is 6.06. The van der Waals surface area contributed by atoms with E-state index >= 15 is 0 Å². The number of benzene rings is 1. The molecular formula is C14H14N2. The van der Waals surface area contributed by atoms with Crippen molar-refractivity contribution in [3.8, 4) is 0 Å². The molecule has 0 bridgehead atoms. The summed E-state index contributed by atoms with van der Waals surface area (Å²) in [6.45, 7) is 4.31. The third-order valence-electron chi connectivity index (χ3n) is 3.37. The topological polar surface area (TPSA) is 17.8 Å². The molecule has 16 heavy (non-hydrogen) atoms. The van der Waals surface area contributed by atoms with E-state index in [4.69, 9.17) is 0 Å². The van der Waals surface area contributed by atoms with Crippen LogP contribution in [-0.2, 0) is 7.05 Å². The van der Waals surface area contributed by atoms with Crippen molar-refractivity contribution in [2.24, 2.45) is 7.05 Å². The average Bonchev–Trinajstić information content (AvgIpc) is 2.55. The second-order valence-corrected chi connectivity index (χ2v) is 4.39. The molecule has 0 saturated heterocycles. The predicted octanol–water partition coefficient (Wildman–Crippen LogP) is 3.34. The van der Waals surface area contributed by atoms with Crippen molar-refractivity contribution in [1.29, 1.82) is 0 Å². The molecule has 3 rings (SSSR count). The average molecular weight is 210 g/mol. The SMILES string of the molecule is Cc1cc2c3cccnc3n(C)c2cc1C. The summed E-state index contributed by atoms with van der Waals surface area (Å²) >= 11 is 0. The van der Waals surface area contributed by atoms with Gasteiger partial charge in [0.2, 0.25) is 0 Å². The smallest absolute Gasteiger partial charge is 0.140 e. The molecule has 0 radical (unpaired) electrons. The van der Waals surface area contributed by atoms with Crippen LogP contribution in [0.3, 0.4) is 0 Å². The maximum atomic E-state index is 4.44. The Balaban J connectivity index is 2.62. The normalized spacial score (nSPS) is 11.4. The fourth-order valence-corrected chi connectivity index (χ4v) is 2.28. The number of pyridine rings is 1. The fraction of sp³-hybridized carbons (Fsp3) is 0.214. The van der Waals surface area contributed by atoms with Crippen LogP contribution in [0.5, 0.6) is 0 Å². The van der Waals surface area contributed by atoms with Gasteiger partial charge in [0, 0.05) is 24.0 Å². The van der Waals surface area contributed by atoms with Crippen LogP contribution in [0, 0.1) is 13.8 Å². The molecule has 2 aromatic heterocycles. The fourth-order valence-electron chi connectivity index (χ4n) is 2.28. The van der Waals surface area contributed by atoms with E-state index in [9.17, 15) is 0 Å². The minimum absolute atomic E-state index is 1.06. The molecular weight excluding hydrogens is 196 g/mol. The van der Waals surface area contributed by atoms with Crippen LogP contribution < -0.4 is 0 Å². The first-order valence-corrected chi connectivity index (χ1v) is 5.49. The summed E-state index contributed by atoms with van der Waals surface area (Å²) in [5, 5.41) is 2.54. The maximum Gasteiger partial charge on any atom is 0.140 e. The highest BCUT2D eigenvalue weighted by Gasteiger charge is 2.09. The largest absolute Gasteiger partial charge is 0.328 e. The van der Waals surface area contributed by atoms with E-state index in [1.165, 1.54) is 27.4 Å². The van der Waals surface area contributed by atoms with E-state index in [1.54, 1.807) is 0 Å². The van der Waals surface area contributed by atoms with Gasteiger partial charge in [0.25, 0.3) is 0 Å². The second-order valence-electron chi connectivity index (χ2n) is 4.39. The van der Waals surface area contributed by atoms with Gasteiger partial charge in [0.05, 0.1) is 5.52 Å². The van der Waals surface area contributed by atoms with Gasteiger partial charge in [-0.3, -0.25) is 0 Å². The number of fused-ring (bicyclic) bond motifs is 3. The van der Waals surface area contributed by atoms with Gasteiger partial charge in [0.15, 0.2) is 0 Å². The van der Waals surface area contributed by atoms with Gasteiger partial charge >= 0.3 is 0 Å². The van der Waals surface area contributed by atoms with Gasteiger partial charge in [-0.05, 0) is 49.2 Å². The number of hydrogen-bond acceptors (Lipinski definition) is 1. The van der Waals surface area contributed by atoms with Crippen LogP contribution >= 0.6 is 0 Å². The molecule has 0 unspecified atom stereocenters. The summed E-state index contributed by atoms with van der Waals surface area (Å²) in [6.07, 6.45) is 1.85. The van der Waals surface area contributed by atoms with Gasteiger partial charge in [-0.1, -0.05) is 0 Å². The van der Waals surface area contributed by atoms with E-state index < -0.39 is 0 Å². The molecule has 80 valence electrons. The molecule has 2 heteroatoms. The zero-order chi connectivity index (χ0) is 11.3. The van der Waals surface area contributed by atoms with E-state index in [0.717, 1.165) is 5.65 Å². The van der Waals surface area contributed by atoms with Crippen LogP contribution in [0.15, 0.2) is 30.5 Å². The maximum absolute atomic E-state index is 4.44. The summed E-state index contributed by atoms with van der Waals surface area (Å²) in [4.78, 5) is 4.44. The molecule has 1 aromatic carbocycles. The molecule has 0 saturated carbocycles. The molecule has 0 amide bonds. The Morgan fingerprint density at radius 3 is 2.62 bits per heavy atom. The van der Waals surface area contributed by atoms with Crippen LogP contribution in [0.25, 0.3) is 21.9 Å². The van der Waals surface area contributed by atoms with Crippen LogP contribution in [-0.4, -0.2) is 9.55 Å². The molecule has 0 aliphatic rings. The van der Waals surface area contributed by atoms with Crippen molar-refractivity contribution in [2.75, 3.05) is 0 Å². The van der Waals surface area contributed by atoms with E-state index in [1.807, 2.05) is 12.3 Å². The third-order valence-corrected chi connectivity index (χ3v) is 3.37. The molecule has 0 aliphatic heterocycles. The number of hydrogen-bond donors (Lipinski definition) is 0. The van der Waals surface area contributed by atoms with Crippen molar-refractivity contribution in [2.45, 2.75) is 13.8 Å². The second kappa shape index (κ2) is 3.08. The first-order valence-electron chi connectivity index (χ1n) is 5.49. The van der Waals surface area contributed by atoms with E-state index in [0.29, 0.717) is 0 Å². The molecule has 2 nitrogen and oxygen atoms in total. The van der Waals surface area contributed by atoms with Gasteiger partial charge in [-0.15, -0.1) is 0 Å². The van der Waals surface area contributed by atoms with Gasteiger partial charge in [0.1, 0.15) is 5.65 Å². The van der Waals surface area contributed by atoms with E-state index in [-0.39, 0.29) is 0 Å². The lowest BCUT2D eigenvalue weighted by molar-refractivity contribution is 0.988. The summed E-state index contributed by atoms with van der Waals surface area (Å²) in [7, 11) is 2.08. The Morgan fingerprint density at radius 2 is 1.81 bits per heavy atom. The van der Waals surface area contributed by atoms with E-state index in [2.05, 4.69) is 48.6 Å². The number of nitrogens with zero attached hydrogens (tertiary/aromatic N) is 2. The van der Waals surface area contributed by atoms with Gasteiger partial charge < -0.3 is 4.57 Å². The lowest BCUT2D eigenvalue weighted by atomic mass is 10.1. The highest BCUT2D eigenvalue weighted by atomic mass is 15.0. The molecule has 0 N–H and O–H groups in total. The number of aryl methyl sites for hydroxylation is 3. The van der Waals surface area contributed by atoms with Crippen molar-refractivity contribution in [3.05, 3.63) is 41.6 Å². The summed E-state index contributed by atoms with van der Waals surface area (Å²) in [5.41, 5.74) is 4.99. The van der Waals surface area contributed by atoms with Crippen LogP contribution in [0.1, 0.15) is 11.1 Å². The molecule has 3 aromatic rings. The van der Waals surface area contributed by atoms with Crippen molar-refractivity contribution >= 4 is 21.9 Å². The van der Waals surface area contributed by atoms with Crippen molar-refractivity contribution < 1.29 is 0 Å². The molecule has 0 aliphatic carbocycles. The zero-order valence-corrected chi connectivity index (χ0v) is 9.78. The quantitative estimate of drug-likeness (QED) is 0.556. The van der Waals surface area contributed by atoms with Gasteiger partial charge in [-0.2, -0.15) is 0 Å². The van der Waals surface area contributed by atoms with Crippen molar-refractivity contribution in [3.63, 3.8) is 0 Å². The third kappa shape index (κ3) is 1.10. The number of aromatic nitrogens is 2. The lowest BCUT2D eigenvalue weighted by Crippen LogP contribution is -1.89. The number of rotatable bonds is 0. The lowest BCUT2D eigenvalue weighted by Gasteiger charge is -2.01. The predicted molar refractivity (Wildman–Crippen MR) is 67.7 cm³/mol. The van der Waals surface area contributed by atoms with Crippen LogP contribution in [0.4, 0.5) is 0 Å². The van der Waals surface area contributed by atoms with Gasteiger partial charge in [-0.25, -0.2) is 4.98 Å². The summed E-state index contributed by atoms with van der Waals surface area (Å²) < 4.78 is 2.16. The standard InChI is InChI=1S/C14H14N2/c1-9-7-12-11-5-4-6-15-14(11)16(3)13(12)8-10(9)2/h4-8H,1-3H3. The summed E-state index contributed by atoms with van der Waals surface area (Å²) in [6, 6.07) is 8.64. The Hall–Kier alpha value is -1.83. The van der Waals surface area contributed by atoms with Crippen molar-refractivity contribution in [1.82, 2.24) is 9.55 Å². The Labute approximate surface area is 94.5 Å². The molecule has 0 fully saturated rings. The highest BCUT2D eigenvalue weighted by Crippen LogP contribution is 2.28. The minimum Gasteiger partial charge on any atom is -0.328 e. The Bertz CT molecular complexity index is 693. The summed E-state index contributed by atoms with van der Waals surface area (Å²) in [5.74, 6) is 0. The molecule has 0 spiro atoms. The zero-order valence-electron chi connectivity index (χ0n) is 9.78. The first kappa shape index (κ1) is 9.40. The minimum atomic E-state index is 1.06. The molecule has 0 atom stereocenters. The van der Waals surface area contributed by atoms with Crippen LogP contribution in [0.2, 0.25) is 0 Å². The Morgan fingerprint density at radius 1 is 1.06 bits per heavy atom. The molecule has 2 heterocycles. The monoisotopic (exact) mass is 210 g/mol. The first-order chi connectivity index (χ1) is 7.68. The Kier molecular flexibility index (Phi) is 1.81.